The van der Waals surface area contributed by atoms with Crippen LogP contribution in [0.15, 0.2) is 30.3 Å². The van der Waals surface area contributed by atoms with Crippen LogP contribution < -0.4 is 0 Å². The summed E-state index contributed by atoms with van der Waals surface area (Å²) in [5.41, 5.74) is 0.838. The molecule has 1 unspecified atom stereocenters. The van der Waals surface area contributed by atoms with Gasteiger partial charge in [0.1, 0.15) is 0 Å². The van der Waals surface area contributed by atoms with Gasteiger partial charge in [0.25, 0.3) is 0 Å². The standard InChI is InChI=1S/C13H15NO3/c15-11-8-13(17)14(9-11)7-6-12(16)10-4-2-1-3-5-10/h1-5,12,16H,6-9H2. The number of carbonyl (C=O) groups excluding carboxylic acids is 2. The van der Waals surface area contributed by atoms with Crippen LogP contribution in [0.25, 0.3) is 0 Å². The average Bonchev–Trinajstić information content (AvgIpc) is 2.66. The summed E-state index contributed by atoms with van der Waals surface area (Å²) in [7, 11) is 0. The maximum absolute atomic E-state index is 11.4. The number of benzene rings is 1. The fourth-order valence-corrected chi connectivity index (χ4v) is 1.96. The highest BCUT2D eigenvalue weighted by Gasteiger charge is 2.27. The molecule has 90 valence electrons. The molecule has 4 nitrogen and oxygen atoms in total. The Hall–Kier alpha value is -1.68. The van der Waals surface area contributed by atoms with Crippen LogP contribution in [-0.2, 0) is 9.59 Å². The molecule has 1 aromatic carbocycles. The van der Waals surface area contributed by atoms with E-state index in [1.54, 1.807) is 0 Å². The Kier molecular flexibility index (Phi) is 3.54. The topological polar surface area (TPSA) is 57.6 Å². The van der Waals surface area contributed by atoms with Crippen LogP contribution in [0.2, 0.25) is 0 Å². The second-order valence-corrected chi connectivity index (χ2v) is 4.25. The summed E-state index contributed by atoms with van der Waals surface area (Å²) >= 11 is 0. The molecule has 0 aliphatic carbocycles. The molecule has 1 heterocycles. The number of hydrogen-bond donors (Lipinski definition) is 1. The van der Waals surface area contributed by atoms with Crippen molar-refractivity contribution in [2.45, 2.75) is 18.9 Å². The molecule has 1 atom stereocenters. The van der Waals surface area contributed by atoms with E-state index in [0.717, 1.165) is 5.56 Å². The summed E-state index contributed by atoms with van der Waals surface area (Å²) in [5.74, 6) is -0.167. The molecule has 2 rings (SSSR count). The van der Waals surface area contributed by atoms with Crippen LogP contribution in [0.3, 0.4) is 0 Å². The van der Waals surface area contributed by atoms with Crippen molar-refractivity contribution in [2.24, 2.45) is 0 Å². The Morgan fingerprint density at radius 3 is 2.53 bits per heavy atom. The third kappa shape index (κ3) is 2.91. The highest BCUT2D eigenvalue weighted by Crippen LogP contribution is 2.17. The minimum Gasteiger partial charge on any atom is -0.388 e. The lowest BCUT2D eigenvalue weighted by atomic mass is 10.1. The normalized spacial score (nSPS) is 17.6. The predicted molar refractivity (Wildman–Crippen MR) is 62.2 cm³/mol. The molecule has 0 bridgehead atoms. The Bertz CT molecular complexity index is 416. The number of carbonyl (C=O) groups is 2. The first kappa shape index (κ1) is 11.8. The molecule has 0 saturated carbocycles. The Morgan fingerprint density at radius 1 is 1.24 bits per heavy atom. The van der Waals surface area contributed by atoms with Gasteiger partial charge in [0.15, 0.2) is 5.78 Å². The highest BCUT2D eigenvalue weighted by molar-refractivity contribution is 6.05. The minimum absolute atomic E-state index is 0.0153. The number of aliphatic hydroxyl groups excluding tert-OH is 1. The molecule has 17 heavy (non-hydrogen) atoms. The number of likely N-dealkylation sites (tertiary alicyclic amines) is 1. The van der Waals surface area contributed by atoms with Gasteiger partial charge >= 0.3 is 0 Å². The number of Topliss-reactive ketones (excluding diaryl/α,β-unsaturated/α-hetero) is 1. The number of hydrogen-bond acceptors (Lipinski definition) is 3. The van der Waals surface area contributed by atoms with Gasteiger partial charge in [-0.1, -0.05) is 30.3 Å². The van der Waals surface area contributed by atoms with Crippen molar-refractivity contribution in [1.29, 1.82) is 0 Å². The van der Waals surface area contributed by atoms with Crippen molar-refractivity contribution < 1.29 is 14.7 Å². The predicted octanol–water partition coefficient (Wildman–Crippen LogP) is 0.912. The first-order chi connectivity index (χ1) is 8.16. The van der Waals surface area contributed by atoms with E-state index < -0.39 is 6.10 Å². The molecular formula is C13H15NO3. The van der Waals surface area contributed by atoms with Gasteiger partial charge in [-0.25, -0.2) is 0 Å². The van der Waals surface area contributed by atoms with Crippen LogP contribution in [0.4, 0.5) is 0 Å². The van der Waals surface area contributed by atoms with Gasteiger partial charge < -0.3 is 10.0 Å². The minimum atomic E-state index is -0.584. The molecule has 1 aliphatic rings. The number of aliphatic hydroxyl groups is 1. The van der Waals surface area contributed by atoms with E-state index >= 15 is 0 Å². The van der Waals surface area contributed by atoms with Gasteiger partial charge in [-0.3, -0.25) is 9.59 Å². The zero-order valence-corrected chi connectivity index (χ0v) is 9.50. The van der Waals surface area contributed by atoms with E-state index in [4.69, 9.17) is 0 Å². The van der Waals surface area contributed by atoms with E-state index in [0.29, 0.717) is 13.0 Å². The Balaban J connectivity index is 1.86. The number of rotatable bonds is 4. The number of ketones is 1. The summed E-state index contributed by atoms with van der Waals surface area (Å²) < 4.78 is 0. The van der Waals surface area contributed by atoms with Gasteiger partial charge in [0, 0.05) is 6.54 Å². The number of amides is 1. The Labute approximate surface area is 99.9 Å². The lowest BCUT2D eigenvalue weighted by Crippen LogP contribution is -2.27. The molecule has 1 N–H and O–H groups in total. The first-order valence-electron chi connectivity index (χ1n) is 5.69. The summed E-state index contributed by atoms with van der Waals surface area (Å²) in [4.78, 5) is 23.9. The summed E-state index contributed by atoms with van der Waals surface area (Å²) in [6.07, 6.45) is -0.107. The van der Waals surface area contributed by atoms with Crippen LogP contribution in [0.5, 0.6) is 0 Å². The smallest absolute Gasteiger partial charge is 0.230 e. The third-order valence-corrected chi connectivity index (χ3v) is 2.93. The second-order valence-electron chi connectivity index (χ2n) is 4.25. The maximum Gasteiger partial charge on any atom is 0.230 e. The van der Waals surface area contributed by atoms with Gasteiger partial charge in [-0.2, -0.15) is 0 Å². The molecule has 0 spiro atoms. The van der Waals surface area contributed by atoms with E-state index in [2.05, 4.69) is 0 Å². The molecule has 1 aromatic rings. The monoisotopic (exact) mass is 233 g/mol. The molecule has 0 aromatic heterocycles. The quantitative estimate of drug-likeness (QED) is 0.786. The van der Waals surface area contributed by atoms with Crippen molar-refractivity contribution >= 4 is 11.7 Å². The molecule has 0 radical (unpaired) electrons. The zero-order valence-electron chi connectivity index (χ0n) is 9.50. The average molecular weight is 233 g/mol. The van der Waals surface area contributed by atoms with Crippen LogP contribution >= 0.6 is 0 Å². The second kappa shape index (κ2) is 5.10. The van der Waals surface area contributed by atoms with Gasteiger partial charge in [-0.15, -0.1) is 0 Å². The van der Waals surface area contributed by atoms with Crippen LogP contribution in [-0.4, -0.2) is 34.8 Å². The molecule has 1 aliphatic heterocycles. The molecule has 1 fully saturated rings. The molecular weight excluding hydrogens is 218 g/mol. The highest BCUT2D eigenvalue weighted by atomic mass is 16.3. The van der Waals surface area contributed by atoms with Crippen LogP contribution in [0, 0.1) is 0 Å². The fourth-order valence-electron chi connectivity index (χ4n) is 1.96. The number of nitrogens with zero attached hydrogens (tertiary/aromatic N) is 1. The maximum atomic E-state index is 11.4. The third-order valence-electron chi connectivity index (χ3n) is 2.93. The van der Waals surface area contributed by atoms with Crippen molar-refractivity contribution in [3.8, 4) is 0 Å². The van der Waals surface area contributed by atoms with Crippen molar-refractivity contribution in [1.82, 2.24) is 4.90 Å². The zero-order chi connectivity index (χ0) is 12.3. The first-order valence-corrected chi connectivity index (χ1v) is 5.69. The van der Waals surface area contributed by atoms with Gasteiger partial charge in [0.2, 0.25) is 5.91 Å². The lowest BCUT2D eigenvalue weighted by molar-refractivity contribution is -0.128. The summed E-state index contributed by atoms with van der Waals surface area (Å²) in [6.45, 7) is 0.626. The van der Waals surface area contributed by atoms with Crippen molar-refractivity contribution in [3.05, 3.63) is 35.9 Å². The fraction of sp³-hybridized carbons (Fsp3) is 0.385. The van der Waals surface area contributed by atoms with Crippen molar-refractivity contribution in [2.75, 3.05) is 13.1 Å². The lowest BCUT2D eigenvalue weighted by Gasteiger charge is -2.17. The van der Waals surface area contributed by atoms with Crippen molar-refractivity contribution in [3.63, 3.8) is 0 Å². The Morgan fingerprint density at radius 2 is 1.94 bits per heavy atom. The van der Waals surface area contributed by atoms with E-state index in [9.17, 15) is 14.7 Å². The van der Waals surface area contributed by atoms with E-state index in [1.165, 1.54) is 4.90 Å². The van der Waals surface area contributed by atoms with E-state index in [1.807, 2.05) is 30.3 Å². The summed E-state index contributed by atoms with van der Waals surface area (Å²) in [6, 6.07) is 9.31. The van der Waals surface area contributed by atoms with Gasteiger partial charge in [0.05, 0.1) is 19.1 Å². The molecule has 1 amide bonds. The molecule has 1 saturated heterocycles. The largest absolute Gasteiger partial charge is 0.388 e. The molecule has 4 heteroatoms. The van der Waals surface area contributed by atoms with E-state index in [-0.39, 0.29) is 24.7 Å². The SMILES string of the molecule is O=C1CC(=O)N(CCC(O)c2ccccc2)C1. The van der Waals surface area contributed by atoms with Gasteiger partial charge in [-0.05, 0) is 12.0 Å². The summed E-state index contributed by atoms with van der Waals surface area (Å²) in [5, 5.41) is 9.91. The van der Waals surface area contributed by atoms with Crippen LogP contribution in [0.1, 0.15) is 24.5 Å².